The van der Waals surface area contributed by atoms with Gasteiger partial charge in [-0.1, -0.05) is 24.3 Å². The predicted molar refractivity (Wildman–Crippen MR) is 147 cm³/mol. The monoisotopic (exact) mass is 508 g/mol. The van der Waals surface area contributed by atoms with Gasteiger partial charge < -0.3 is 16.1 Å². The lowest BCUT2D eigenvalue weighted by Gasteiger charge is -2.35. The van der Waals surface area contributed by atoms with Crippen LogP contribution in [0, 0.1) is 19.7 Å². The summed E-state index contributed by atoms with van der Waals surface area (Å²) < 4.78 is 13.2. The third kappa shape index (κ3) is 4.71. The first-order chi connectivity index (χ1) is 18.5. The summed E-state index contributed by atoms with van der Waals surface area (Å²) >= 11 is 0. The van der Waals surface area contributed by atoms with Crippen LogP contribution in [0.1, 0.15) is 33.8 Å². The van der Waals surface area contributed by atoms with Gasteiger partial charge in [-0.25, -0.2) is 4.39 Å². The molecule has 9 heteroatoms. The van der Waals surface area contributed by atoms with Crippen LogP contribution >= 0.6 is 0 Å². The van der Waals surface area contributed by atoms with Gasteiger partial charge in [-0.05, 0) is 67.9 Å². The molecule has 2 aromatic carbocycles. The van der Waals surface area contributed by atoms with E-state index in [4.69, 9.17) is 5.73 Å². The lowest BCUT2D eigenvalue weighted by atomic mass is 9.80. The number of nitrogens with two attached hydrogens (primary N) is 1. The summed E-state index contributed by atoms with van der Waals surface area (Å²) in [4.78, 5) is 8.26. The van der Waals surface area contributed by atoms with E-state index < -0.39 is 5.54 Å². The Morgan fingerprint density at radius 1 is 0.974 bits per heavy atom. The molecule has 5 rings (SSSR count). The molecule has 0 bridgehead atoms. The van der Waals surface area contributed by atoms with Gasteiger partial charge in [0.05, 0.1) is 11.4 Å². The second kappa shape index (κ2) is 10.8. The number of aryl methyl sites for hydroxylation is 2. The van der Waals surface area contributed by atoms with Gasteiger partial charge >= 0.3 is 0 Å². The van der Waals surface area contributed by atoms with Crippen LogP contribution in [0.15, 0.2) is 90.3 Å². The Morgan fingerprint density at radius 3 is 2.50 bits per heavy atom. The largest absolute Gasteiger partial charge is 0.382 e. The fourth-order valence-electron chi connectivity index (χ4n) is 4.85. The number of nitrogens with one attached hydrogen (secondary N) is 3. The average Bonchev–Trinajstić information content (AvgIpc) is 3.29. The van der Waals surface area contributed by atoms with Gasteiger partial charge in [0, 0.05) is 53.2 Å². The maximum absolute atomic E-state index is 13.2. The number of amidine groups is 1. The number of pyridine rings is 1. The molecule has 0 aliphatic rings. The number of fused-ring (bicyclic) bond motifs is 1. The fourth-order valence-corrected chi connectivity index (χ4v) is 4.85. The first-order valence-corrected chi connectivity index (χ1v) is 12.4. The van der Waals surface area contributed by atoms with Crippen molar-refractivity contribution < 1.29 is 4.39 Å². The molecule has 38 heavy (non-hydrogen) atoms. The van der Waals surface area contributed by atoms with Crippen molar-refractivity contribution in [2.24, 2.45) is 10.8 Å². The molecule has 192 valence electrons. The van der Waals surface area contributed by atoms with Crippen molar-refractivity contribution in [2.75, 3.05) is 13.1 Å². The number of para-hydroxylation sites is 1. The Labute approximate surface area is 220 Å². The van der Waals surface area contributed by atoms with Crippen LogP contribution in [-0.2, 0) is 5.54 Å². The van der Waals surface area contributed by atoms with E-state index >= 15 is 0 Å². The first kappa shape index (κ1) is 25.0. The highest BCUT2D eigenvalue weighted by Gasteiger charge is 2.42. The zero-order chi connectivity index (χ0) is 26.5. The molecule has 0 saturated heterocycles. The third-order valence-electron chi connectivity index (χ3n) is 6.67. The highest BCUT2D eigenvalue weighted by molar-refractivity contribution is 5.97. The number of rotatable bonds is 9. The van der Waals surface area contributed by atoms with E-state index in [1.807, 2.05) is 37.3 Å². The number of aromatic nitrogens is 4. The van der Waals surface area contributed by atoms with E-state index in [1.165, 1.54) is 12.1 Å². The third-order valence-corrected chi connectivity index (χ3v) is 6.67. The van der Waals surface area contributed by atoms with Gasteiger partial charge in [0.25, 0.3) is 0 Å². The number of nitrogens with zero attached hydrogens (tertiary/aromatic N) is 4. The SMILES string of the molecule is Cc1ncccc1C(NCCN/N=C(\N)c1ccc(F)cc1)(c1cccnn1)c1[nH]c2ccccc2c1C. The zero-order valence-electron chi connectivity index (χ0n) is 21.2. The molecule has 5 N–H and O–H groups in total. The van der Waals surface area contributed by atoms with Gasteiger partial charge in [-0.3, -0.25) is 10.3 Å². The number of aromatic amines is 1. The highest BCUT2D eigenvalue weighted by atomic mass is 19.1. The van der Waals surface area contributed by atoms with Crippen LogP contribution in [0.3, 0.4) is 0 Å². The maximum Gasteiger partial charge on any atom is 0.150 e. The van der Waals surface area contributed by atoms with Gasteiger partial charge in [0.2, 0.25) is 0 Å². The molecule has 0 aliphatic heterocycles. The number of hydrogen-bond acceptors (Lipinski definition) is 6. The summed E-state index contributed by atoms with van der Waals surface area (Å²) in [5.41, 5.74) is 14.5. The Balaban J connectivity index is 1.53. The quantitative estimate of drug-likeness (QED) is 0.104. The molecule has 0 aliphatic carbocycles. The molecular weight excluding hydrogens is 479 g/mol. The summed E-state index contributed by atoms with van der Waals surface area (Å²) in [6.07, 6.45) is 3.45. The van der Waals surface area contributed by atoms with E-state index in [9.17, 15) is 4.39 Å². The van der Waals surface area contributed by atoms with Crippen LogP contribution in [0.25, 0.3) is 10.9 Å². The standard InChI is InChI=1S/C29H29FN8/c1-19-23-7-3-4-9-25(23)36-27(19)29(26-10-6-16-34-37-26,24-8-5-15-32-20(24)2)33-17-18-35-38-28(31)21-11-13-22(30)14-12-21/h3-16,33,35-36H,17-18H2,1-2H3,(H2,31,38). The minimum atomic E-state index is -0.871. The normalized spacial score (nSPS) is 13.4. The first-order valence-electron chi connectivity index (χ1n) is 12.4. The highest BCUT2D eigenvalue weighted by Crippen LogP contribution is 2.40. The second-order valence-corrected chi connectivity index (χ2v) is 9.00. The molecule has 0 saturated carbocycles. The second-order valence-electron chi connectivity index (χ2n) is 9.00. The van der Waals surface area contributed by atoms with E-state index in [-0.39, 0.29) is 11.7 Å². The van der Waals surface area contributed by atoms with Crippen LogP contribution in [0.2, 0.25) is 0 Å². The van der Waals surface area contributed by atoms with Crippen molar-refractivity contribution in [1.82, 2.24) is 30.9 Å². The molecule has 3 heterocycles. The summed E-state index contributed by atoms with van der Waals surface area (Å²) in [5, 5.41) is 17.9. The molecule has 5 aromatic rings. The molecule has 0 amide bonds. The molecular formula is C29H29FN8. The van der Waals surface area contributed by atoms with Gasteiger partial charge in [0.15, 0.2) is 5.84 Å². The van der Waals surface area contributed by atoms with Gasteiger partial charge in [-0.15, -0.1) is 0 Å². The van der Waals surface area contributed by atoms with E-state index in [1.54, 1.807) is 24.5 Å². The lowest BCUT2D eigenvalue weighted by Crippen LogP contribution is -2.48. The summed E-state index contributed by atoms with van der Waals surface area (Å²) in [5.74, 6) is -0.0446. The number of benzene rings is 2. The molecule has 0 spiro atoms. The van der Waals surface area contributed by atoms with Crippen molar-refractivity contribution in [3.05, 3.63) is 125 Å². The van der Waals surface area contributed by atoms with E-state index in [0.29, 0.717) is 18.7 Å². The Hall–Kier alpha value is -4.63. The summed E-state index contributed by atoms with van der Waals surface area (Å²) in [6, 6.07) is 22.0. The predicted octanol–water partition coefficient (Wildman–Crippen LogP) is 3.90. The molecule has 8 nitrogen and oxygen atoms in total. The Bertz CT molecular complexity index is 1560. The van der Waals surface area contributed by atoms with E-state index in [2.05, 4.69) is 61.1 Å². The smallest absolute Gasteiger partial charge is 0.150 e. The van der Waals surface area contributed by atoms with Crippen molar-refractivity contribution in [3.8, 4) is 0 Å². The Kier molecular flexibility index (Phi) is 7.10. The fraction of sp³-hybridized carbons (Fsp3) is 0.172. The minimum absolute atomic E-state index is 0.278. The molecule has 0 fully saturated rings. The Morgan fingerprint density at radius 2 is 1.76 bits per heavy atom. The van der Waals surface area contributed by atoms with Crippen molar-refractivity contribution in [3.63, 3.8) is 0 Å². The van der Waals surface area contributed by atoms with Crippen LogP contribution in [0.5, 0.6) is 0 Å². The van der Waals surface area contributed by atoms with Crippen molar-refractivity contribution >= 4 is 16.7 Å². The summed E-state index contributed by atoms with van der Waals surface area (Å²) in [7, 11) is 0. The van der Waals surface area contributed by atoms with Crippen LogP contribution in [-0.4, -0.2) is 39.1 Å². The number of H-pyrrole nitrogens is 1. The summed E-state index contributed by atoms with van der Waals surface area (Å²) in [6.45, 7) is 5.06. The van der Waals surface area contributed by atoms with Crippen molar-refractivity contribution in [1.29, 1.82) is 0 Å². The van der Waals surface area contributed by atoms with Gasteiger partial charge in [-0.2, -0.15) is 15.3 Å². The van der Waals surface area contributed by atoms with Crippen molar-refractivity contribution in [2.45, 2.75) is 19.4 Å². The topological polar surface area (TPSA) is 117 Å². The molecule has 0 radical (unpaired) electrons. The van der Waals surface area contributed by atoms with E-state index in [0.717, 1.165) is 39.1 Å². The minimum Gasteiger partial charge on any atom is -0.382 e. The average molecular weight is 509 g/mol. The maximum atomic E-state index is 13.2. The number of hydrazone groups is 1. The van der Waals surface area contributed by atoms with Crippen LogP contribution in [0.4, 0.5) is 4.39 Å². The number of hydrogen-bond donors (Lipinski definition) is 4. The number of halogens is 1. The van der Waals surface area contributed by atoms with Crippen LogP contribution < -0.4 is 16.5 Å². The lowest BCUT2D eigenvalue weighted by molar-refractivity contribution is 0.438. The zero-order valence-corrected chi connectivity index (χ0v) is 21.2. The molecule has 1 unspecified atom stereocenters. The van der Waals surface area contributed by atoms with Gasteiger partial charge in [0.1, 0.15) is 11.4 Å². The molecule has 1 atom stereocenters. The molecule has 3 aromatic heterocycles.